The summed E-state index contributed by atoms with van der Waals surface area (Å²) in [5.41, 5.74) is 2.10. The number of nitrogens with zero attached hydrogens (tertiary/aromatic N) is 4. The van der Waals surface area contributed by atoms with Crippen LogP contribution < -0.4 is 4.90 Å². The molecule has 31 heavy (non-hydrogen) atoms. The van der Waals surface area contributed by atoms with Crippen LogP contribution in [0.25, 0.3) is 10.9 Å². The summed E-state index contributed by atoms with van der Waals surface area (Å²) >= 11 is 0. The van der Waals surface area contributed by atoms with Crippen LogP contribution >= 0.6 is 0 Å². The molecule has 2 aliphatic heterocycles. The van der Waals surface area contributed by atoms with E-state index in [2.05, 4.69) is 16.0 Å². The van der Waals surface area contributed by atoms with Crippen LogP contribution in [-0.4, -0.2) is 85.2 Å². The molecule has 8 nitrogen and oxygen atoms in total. The topological polar surface area (TPSA) is 94.0 Å². The fourth-order valence-corrected chi connectivity index (χ4v) is 6.12. The van der Waals surface area contributed by atoms with Gasteiger partial charge in [0.25, 0.3) is 0 Å². The van der Waals surface area contributed by atoms with Gasteiger partial charge in [0.15, 0.2) is 0 Å². The summed E-state index contributed by atoms with van der Waals surface area (Å²) in [4.78, 5) is 21.7. The van der Waals surface area contributed by atoms with Crippen molar-refractivity contribution in [3.8, 4) is 0 Å². The van der Waals surface area contributed by atoms with E-state index in [4.69, 9.17) is 5.11 Å². The second-order valence-electron chi connectivity index (χ2n) is 8.25. The number of aliphatic hydroxyl groups is 1. The van der Waals surface area contributed by atoms with Crippen molar-refractivity contribution in [3.63, 3.8) is 0 Å². The van der Waals surface area contributed by atoms with Gasteiger partial charge in [-0.05, 0) is 31.4 Å². The van der Waals surface area contributed by atoms with Crippen LogP contribution in [0.5, 0.6) is 0 Å². The van der Waals surface area contributed by atoms with Gasteiger partial charge in [-0.15, -0.1) is 0 Å². The summed E-state index contributed by atoms with van der Waals surface area (Å²) in [5.74, 6) is -0.296. The smallest absolute Gasteiger partial charge is 0.227 e. The third-order valence-corrected chi connectivity index (χ3v) is 8.17. The minimum absolute atomic E-state index is 0.0568. The maximum Gasteiger partial charge on any atom is 0.227 e. The van der Waals surface area contributed by atoms with Gasteiger partial charge in [-0.3, -0.25) is 9.78 Å². The summed E-state index contributed by atoms with van der Waals surface area (Å²) in [6, 6.07) is 10.1. The van der Waals surface area contributed by atoms with Crippen molar-refractivity contribution in [1.82, 2.24) is 14.2 Å². The predicted octanol–water partition coefficient (Wildman–Crippen LogP) is 1.31. The monoisotopic (exact) mass is 446 g/mol. The van der Waals surface area contributed by atoms with E-state index in [1.807, 2.05) is 35.4 Å². The molecule has 0 bridgehead atoms. The molecule has 1 aromatic carbocycles. The highest BCUT2D eigenvalue weighted by atomic mass is 32.2. The van der Waals surface area contributed by atoms with Gasteiger partial charge in [-0.2, -0.15) is 0 Å². The highest BCUT2D eigenvalue weighted by Gasteiger charge is 2.35. The number of hydrogen-bond acceptors (Lipinski definition) is 6. The first-order valence-electron chi connectivity index (χ1n) is 11.0. The molecular weight excluding hydrogens is 416 g/mol. The summed E-state index contributed by atoms with van der Waals surface area (Å²) < 4.78 is 26.4. The first kappa shape index (κ1) is 22.0. The number of anilines is 1. The molecule has 2 saturated heterocycles. The number of aliphatic hydroxyl groups excluding tert-OH is 1. The van der Waals surface area contributed by atoms with E-state index < -0.39 is 10.0 Å². The van der Waals surface area contributed by atoms with Crippen molar-refractivity contribution < 1.29 is 18.3 Å². The van der Waals surface area contributed by atoms with Gasteiger partial charge in [0.2, 0.25) is 15.9 Å². The van der Waals surface area contributed by atoms with E-state index in [-0.39, 0.29) is 37.2 Å². The third kappa shape index (κ3) is 4.83. The van der Waals surface area contributed by atoms with Gasteiger partial charge in [0, 0.05) is 63.1 Å². The van der Waals surface area contributed by atoms with E-state index in [1.54, 1.807) is 0 Å². The van der Waals surface area contributed by atoms with Crippen molar-refractivity contribution in [2.75, 3.05) is 56.5 Å². The lowest BCUT2D eigenvalue weighted by molar-refractivity contribution is -0.137. The zero-order valence-corrected chi connectivity index (χ0v) is 18.5. The molecule has 0 aliphatic carbocycles. The quantitative estimate of drug-likeness (QED) is 0.719. The Bertz CT molecular complexity index is 1020. The van der Waals surface area contributed by atoms with E-state index >= 15 is 0 Å². The van der Waals surface area contributed by atoms with Gasteiger partial charge in [0.1, 0.15) is 0 Å². The molecule has 0 radical (unpaired) electrons. The molecule has 1 aromatic heterocycles. The van der Waals surface area contributed by atoms with Gasteiger partial charge in [0.05, 0.1) is 17.2 Å². The number of benzene rings is 1. The van der Waals surface area contributed by atoms with Crippen LogP contribution in [0.2, 0.25) is 0 Å². The average Bonchev–Trinajstić information content (AvgIpc) is 2.82. The Morgan fingerprint density at radius 1 is 1.10 bits per heavy atom. The van der Waals surface area contributed by atoms with E-state index in [9.17, 15) is 13.2 Å². The molecule has 3 heterocycles. The van der Waals surface area contributed by atoms with Crippen LogP contribution in [0.4, 0.5) is 5.69 Å². The number of pyridine rings is 1. The first-order chi connectivity index (χ1) is 15.0. The summed E-state index contributed by atoms with van der Waals surface area (Å²) in [7, 11) is -3.42. The number of amides is 1. The largest absolute Gasteiger partial charge is 0.396 e. The van der Waals surface area contributed by atoms with Crippen molar-refractivity contribution in [3.05, 3.63) is 36.5 Å². The van der Waals surface area contributed by atoms with Crippen LogP contribution in [0.3, 0.4) is 0 Å². The number of carbonyl (C=O) groups is 1. The Kier molecular flexibility index (Phi) is 6.74. The molecule has 4 rings (SSSR count). The Balaban J connectivity index is 1.38. The SMILES string of the molecule is O=C(C1CCCN(S(=O)(=O)CCCO)C1)N1CCN(c2ccnc3ccccc23)CC1. The molecule has 2 aromatic rings. The van der Waals surface area contributed by atoms with Gasteiger partial charge >= 0.3 is 0 Å². The van der Waals surface area contributed by atoms with Crippen LogP contribution in [0, 0.1) is 5.92 Å². The number of sulfonamides is 1. The fraction of sp³-hybridized carbons (Fsp3) is 0.545. The average molecular weight is 447 g/mol. The Labute approximate surface area is 183 Å². The number of piperazine rings is 1. The minimum atomic E-state index is -3.42. The lowest BCUT2D eigenvalue weighted by Crippen LogP contribution is -2.53. The number of piperidine rings is 1. The van der Waals surface area contributed by atoms with E-state index in [0.29, 0.717) is 26.1 Å². The number of carbonyl (C=O) groups excluding carboxylic acids is 1. The highest BCUT2D eigenvalue weighted by molar-refractivity contribution is 7.89. The normalized spacial score (nSPS) is 20.9. The molecule has 1 N–H and O–H groups in total. The Hall–Kier alpha value is -2.23. The summed E-state index contributed by atoms with van der Waals surface area (Å²) in [6.45, 7) is 3.30. The van der Waals surface area contributed by atoms with Crippen LogP contribution in [0.1, 0.15) is 19.3 Å². The Morgan fingerprint density at radius 3 is 2.65 bits per heavy atom. The van der Waals surface area contributed by atoms with E-state index in [0.717, 1.165) is 36.1 Å². The summed E-state index contributed by atoms with van der Waals surface area (Å²) in [5, 5.41) is 10.1. The molecule has 9 heteroatoms. The van der Waals surface area contributed by atoms with Gasteiger partial charge < -0.3 is 14.9 Å². The van der Waals surface area contributed by atoms with Gasteiger partial charge in [-0.1, -0.05) is 18.2 Å². The third-order valence-electron chi connectivity index (χ3n) is 6.25. The molecule has 1 amide bonds. The molecule has 168 valence electrons. The number of rotatable bonds is 6. The second kappa shape index (κ2) is 9.50. The number of para-hydroxylation sites is 1. The maximum absolute atomic E-state index is 13.1. The molecule has 0 saturated carbocycles. The lowest BCUT2D eigenvalue weighted by Gasteiger charge is -2.39. The van der Waals surface area contributed by atoms with Crippen LogP contribution in [0.15, 0.2) is 36.5 Å². The van der Waals surface area contributed by atoms with Crippen molar-refractivity contribution in [2.24, 2.45) is 5.92 Å². The molecule has 0 spiro atoms. The molecule has 1 unspecified atom stereocenters. The lowest BCUT2D eigenvalue weighted by atomic mass is 9.97. The van der Waals surface area contributed by atoms with Crippen LogP contribution in [-0.2, 0) is 14.8 Å². The molecular formula is C22H30N4O4S. The zero-order valence-electron chi connectivity index (χ0n) is 17.7. The van der Waals surface area contributed by atoms with Crippen molar-refractivity contribution >= 4 is 32.5 Å². The molecule has 2 aliphatic rings. The van der Waals surface area contributed by atoms with E-state index in [1.165, 1.54) is 4.31 Å². The number of fused-ring (bicyclic) bond motifs is 1. The fourth-order valence-electron chi connectivity index (χ4n) is 4.56. The van der Waals surface area contributed by atoms with Crippen molar-refractivity contribution in [2.45, 2.75) is 19.3 Å². The highest BCUT2D eigenvalue weighted by Crippen LogP contribution is 2.27. The molecule has 1 atom stereocenters. The Morgan fingerprint density at radius 2 is 1.87 bits per heavy atom. The maximum atomic E-state index is 13.1. The summed E-state index contributed by atoms with van der Waals surface area (Å²) in [6.07, 6.45) is 3.46. The zero-order chi connectivity index (χ0) is 21.8. The number of hydrogen-bond donors (Lipinski definition) is 1. The standard InChI is InChI=1S/C22H30N4O4S/c27-15-4-16-31(29,30)26-10-3-5-18(17-26)22(28)25-13-11-24(12-14-25)21-8-9-23-20-7-2-1-6-19(20)21/h1-2,6-9,18,27H,3-5,10-17H2. The first-order valence-corrected chi connectivity index (χ1v) is 12.6. The minimum Gasteiger partial charge on any atom is -0.396 e. The van der Waals surface area contributed by atoms with Gasteiger partial charge in [-0.25, -0.2) is 12.7 Å². The number of aromatic nitrogens is 1. The van der Waals surface area contributed by atoms with Crippen molar-refractivity contribution in [1.29, 1.82) is 0 Å². The second-order valence-corrected chi connectivity index (χ2v) is 10.3. The predicted molar refractivity (Wildman–Crippen MR) is 120 cm³/mol. The molecule has 2 fully saturated rings.